The fraction of sp³-hybridized carbons (Fsp3) is 0.273. The van der Waals surface area contributed by atoms with E-state index in [0.717, 1.165) is 5.56 Å². The first-order valence-corrected chi connectivity index (χ1v) is 9.29. The first kappa shape index (κ1) is 20.1. The highest BCUT2D eigenvalue weighted by Gasteiger charge is 2.36. The number of nitriles is 1. The molecule has 7 heteroatoms. The number of esters is 1. The molecule has 3 rings (SSSR count). The lowest BCUT2D eigenvalue weighted by molar-refractivity contribution is -0.157. The molecule has 0 aliphatic carbocycles. The molecule has 1 fully saturated rings. The summed E-state index contributed by atoms with van der Waals surface area (Å²) in [5.74, 6) is -1.77. The molecule has 0 radical (unpaired) electrons. The second-order valence-electron chi connectivity index (χ2n) is 6.92. The number of anilines is 1. The Labute approximate surface area is 168 Å². The molecule has 2 atom stereocenters. The van der Waals surface area contributed by atoms with Crippen LogP contribution in [0.25, 0.3) is 0 Å². The topological polar surface area (TPSA) is 99.5 Å². The van der Waals surface area contributed by atoms with Gasteiger partial charge in [-0.2, -0.15) is 5.26 Å². The zero-order valence-electron chi connectivity index (χ0n) is 16.0. The maximum Gasteiger partial charge on any atom is 0.312 e. The number of nitrogens with one attached hydrogen (secondary N) is 1. The van der Waals surface area contributed by atoms with Crippen LogP contribution < -0.4 is 5.32 Å². The number of ether oxygens (including phenoxy) is 1. The van der Waals surface area contributed by atoms with Crippen LogP contribution in [0.5, 0.6) is 0 Å². The number of rotatable bonds is 6. The quantitative estimate of drug-likeness (QED) is 0.763. The van der Waals surface area contributed by atoms with E-state index in [1.54, 1.807) is 23.1 Å². The minimum Gasteiger partial charge on any atom is -0.452 e. The summed E-state index contributed by atoms with van der Waals surface area (Å²) in [4.78, 5) is 38.6. The average molecular weight is 391 g/mol. The van der Waals surface area contributed by atoms with E-state index in [0.29, 0.717) is 17.8 Å². The van der Waals surface area contributed by atoms with Gasteiger partial charge in [-0.05, 0) is 30.7 Å². The Hall–Kier alpha value is -3.66. The standard InChI is InChI=1S/C22H21N3O4/c1-15(21(27)24-19-9-5-8-17(10-19)12-23)29-22(28)18-11-20(26)25(14-18)13-16-6-3-2-4-7-16/h2-10,15,18H,11,13-14H2,1H3,(H,24,27)/t15-,18+/m0/s1. The summed E-state index contributed by atoms with van der Waals surface area (Å²) in [6.07, 6.45) is -0.948. The van der Waals surface area contributed by atoms with E-state index < -0.39 is 23.9 Å². The van der Waals surface area contributed by atoms with Gasteiger partial charge in [0.15, 0.2) is 6.10 Å². The summed E-state index contributed by atoms with van der Waals surface area (Å²) in [6, 6.07) is 18.0. The molecule has 0 saturated carbocycles. The van der Waals surface area contributed by atoms with Crippen LogP contribution in [0.15, 0.2) is 54.6 Å². The Morgan fingerprint density at radius 3 is 2.72 bits per heavy atom. The van der Waals surface area contributed by atoms with E-state index >= 15 is 0 Å². The van der Waals surface area contributed by atoms with Gasteiger partial charge in [-0.3, -0.25) is 14.4 Å². The molecular formula is C22H21N3O4. The normalized spacial score (nSPS) is 16.8. The third-order valence-electron chi connectivity index (χ3n) is 4.69. The lowest BCUT2D eigenvalue weighted by atomic mass is 10.1. The third-order valence-corrected chi connectivity index (χ3v) is 4.69. The van der Waals surface area contributed by atoms with Crippen LogP contribution in [0.4, 0.5) is 5.69 Å². The zero-order valence-corrected chi connectivity index (χ0v) is 16.0. The summed E-state index contributed by atoms with van der Waals surface area (Å²) >= 11 is 0. The van der Waals surface area contributed by atoms with Crippen molar-refractivity contribution in [1.82, 2.24) is 4.90 Å². The molecule has 0 unspecified atom stereocenters. The summed E-state index contributed by atoms with van der Waals surface area (Å²) in [5.41, 5.74) is 1.85. The molecule has 0 aromatic heterocycles. The monoisotopic (exact) mass is 391 g/mol. The van der Waals surface area contributed by atoms with E-state index in [1.165, 1.54) is 13.0 Å². The summed E-state index contributed by atoms with van der Waals surface area (Å²) in [5, 5.41) is 11.5. The molecule has 1 heterocycles. The van der Waals surface area contributed by atoms with Crippen LogP contribution in [0, 0.1) is 17.2 Å². The van der Waals surface area contributed by atoms with E-state index in [4.69, 9.17) is 10.00 Å². The molecule has 2 amide bonds. The SMILES string of the molecule is C[C@H](OC(=O)[C@@H]1CC(=O)N(Cc2ccccc2)C1)C(=O)Nc1cccc(C#N)c1. The van der Waals surface area contributed by atoms with Crippen LogP contribution in [0.1, 0.15) is 24.5 Å². The molecule has 1 aliphatic heterocycles. The Bertz CT molecular complexity index is 952. The Balaban J connectivity index is 1.53. The number of hydrogen-bond acceptors (Lipinski definition) is 5. The third kappa shape index (κ3) is 5.20. The first-order chi connectivity index (χ1) is 14.0. The van der Waals surface area contributed by atoms with Crippen molar-refractivity contribution in [3.8, 4) is 6.07 Å². The molecular weight excluding hydrogens is 370 g/mol. The summed E-state index contributed by atoms with van der Waals surface area (Å²) in [6.45, 7) is 2.18. The molecule has 1 N–H and O–H groups in total. The number of likely N-dealkylation sites (tertiary alicyclic amines) is 1. The smallest absolute Gasteiger partial charge is 0.312 e. The molecule has 0 spiro atoms. The van der Waals surface area contributed by atoms with E-state index in [2.05, 4.69) is 5.32 Å². The van der Waals surface area contributed by atoms with Gasteiger partial charge >= 0.3 is 5.97 Å². The van der Waals surface area contributed by atoms with Gasteiger partial charge in [-0.25, -0.2) is 0 Å². The van der Waals surface area contributed by atoms with Crippen molar-refractivity contribution >= 4 is 23.5 Å². The van der Waals surface area contributed by atoms with Crippen molar-refractivity contribution in [2.75, 3.05) is 11.9 Å². The van der Waals surface area contributed by atoms with Crippen LogP contribution in [0.2, 0.25) is 0 Å². The molecule has 2 aromatic rings. The predicted molar refractivity (Wildman–Crippen MR) is 105 cm³/mol. The molecule has 2 aromatic carbocycles. The van der Waals surface area contributed by atoms with Crippen LogP contribution >= 0.6 is 0 Å². The first-order valence-electron chi connectivity index (χ1n) is 9.29. The van der Waals surface area contributed by atoms with Gasteiger partial charge in [0.1, 0.15) is 0 Å². The van der Waals surface area contributed by atoms with Crippen molar-refractivity contribution in [3.05, 3.63) is 65.7 Å². The Kier molecular flexibility index (Phi) is 6.25. The van der Waals surface area contributed by atoms with Gasteiger partial charge in [0, 0.05) is 25.2 Å². The lowest BCUT2D eigenvalue weighted by Gasteiger charge is -2.18. The van der Waals surface area contributed by atoms with E-state index in [1.807, 2.05) is 36.4 Å². The zero-order chi connectivity index (χ0) is 20.8. The number of hydrogen-bond donors (Lipinski definition) is 1. The van der Waals surface area contributed by atoms with Gasteiger partial charge < -0.3 is 15.0 Å². The molecule has 29 heavy (non-hydrogen) atoms. The highest BCUT2D eigenvalue weighted by Crippen LogP contribution is 2.22. The fourth-order valence-corrected chi connectivity index (χ4v) is 3.12. The van der Waals surface area contributed by atoms with Gasteiger partial charge in [-0.1, -0.05) is 36.4 Å². The van der Waals surface area contributed by atoms with E-state index in [-0.39, 0.29) is 18.9 Å². The van der Waals surface area contributed by atoms with E-state index in [9.17, 15) is 14.4 Å². The van der Waals surface area contributed by atoms with Gasteiger partial charge in [-0.15, -0.1) is 0 Å². The van der Waals surface area contributed by atoms with Crippen LogP contribution in [0.3, 0.4) is 0 Å². The molecule has 0 bridgehead atoms. The summed E-state index contributed by atoms with van der Waals surface area (Å²) in [7, 11) is 0. The lowest BCUT2D eigenvalue weighted by Crippen LogP contribution is -2.33. The van der Waals surface area contributed by atoms with Crippen molar-refractivity contribution in [3.63, 3.8) is 0 Å². The van der Waals surface area contributed by atoms with Crippen molar-refractivity contribution < 1.29 is 19.1 Å². The highest BCUT2D eigenvalue weighted by molar-refractivity contribution is 5.95. The molecule has 148 valence electrons. The second-order valence-corrected chi connectivity index (χ2v) is 6.92. The number of carbonyl (C=O) groups excluding carboxylic acids is 3. The number of benzene rings is 2. The minimum absolute atomic E-state index is 0.0736. The number of carbonyl (C=O) groups is 3. The Morgan fingerprint density at radius 2 is 2.00 bits per heavy atom. The van der Waals surface area contributed by atoms with Crippen molar-refractivity contribution in [2.45, 2.75) is 26.0 Å². The largest absolute Gasteiger partial charge is 0.452 e. The molecule has 7 nitrogen and oxygen atoms in total. The van der Waals surface area contributed by atoms with Crippen LogP contribution in [-0.4, -0.2) is 35.3 Å². The summed E-state index contributed by atoms with van der Waals surface area (Å²) < 4.78 is 5.28. The highest BCUT2D eigenvalue weighted by atomic mass is 16.5. The predicted octanol–water partition coefficient (Wildman–Crippen LogP) is 2.48. The number of nitrogens with zero attached hydrogens (tertiary/aromatic N) is 2. The van der Waals surface area contributed by atoms with Gasteiger partial charge in [0.2, 0.25) is 5.91 Å². The number of amides is 2. The fourth-order valence-electron chi connectivity index (χ4n) is 3.12. The van der Waals surface area contributed by atoms with Gasteiger partial charge in [0.25, 0.3) is 5.91 Å². The Morgan fingerprint density at radius 1 is 1.24 bits per heavy atom. The van der Waals surface area contributed by atoms with Gasteiger partial charge in [0.05, 0.1) is 17.6 Å². The maximum atomic E-state index is 12.4. The molecule has 1 saturated heterocycles. The average Bonchev–Trinajstić information content (AvgIpc) is 3.09. The maximum absolute atomic E-state index is 12.4. The van der Waals surface area contributed by atoms with Crippen LogP contribution in [-0.2, 0) is 25.7 Å². The molecule has 1 aliphatic rings. The minimum atomic E-state index is -1.02. The van der Waals surface area contributed by atoms with Crippen molar-refractivity contribution in [1.29, 1.82) is 5.26 Å². The second kappa shape index (κ2) is 9.02. The van der Waals surface area contributed by atoms with Crippen molar-refractivity contribution in [2.24, 2.45) is 5.92 Å².